The van der Waals surface area contributed by atoms with Gasteiger partial charge in [-0.25, -0.2) is 0 Å². The van der Waals surface area contributed by atoms with Gasteiger partial charge in [-0.3, -0.25) is 4.79 Å². The minimum absolute atomic E-state index is 0.0103. The molecule has 0 saturated heterocycles. The minimum Gasteiger partial charge on any atom is -0.385 e. The van der Waals surface area contributed by atoms with Crippen molar-refractivity contribution in [1.29, 1.82) is 5.26 Å². The maximum atomic E-state index is 11.6. The maximum absolute atomic E-state index is 11.6. The van der Waals surface area contributed by atoms with Crippen molar-refractivity contribution in [1.82, 2.24) is 10.6 Å². The van der Waals surface area contributed by atoms with E-state index in [1.54, 1.807) is 0 Å². The first-order chi connectivity index (χ1) is 9.04. The van der Waals surface area contributed by atoms with Gasteiger partial charge in [-0.2, -0.15) is 5.26 Å². The highest BCUT2D eigenvalue weighted by atomic mass is 16.7. The molecule has 0 aliphatic carbocycles. The molecule has 1 amide bonds. The third-order valence-electron chi connectivity index (χ3n) is 2.02. The zero-order valence-corrected chi connectivity index (χ0v) is 12.0. The van der Waals surface area contributed by atoms with Gasteiger partial charge in [-0.1, -0.05) is 0 Å². The van der Waals surface area contributed by atoms with Crippen LogP contribution in [0, 0.1) is 11.3 Å². The summed E-state index contributed by atoms with van der Waals surface area (Å²) in [5.41, 5.74) is 0.0282. The molecule has 0 aliphatic rings. The fourth-order valence-corrected chi connectivity index (χ4v) is 1.28. The van der Waals surface area contributed by atoms with E-state index in [0.717, 1.165) is 0 Å². The molecule has 0 bridgehead atoms. The second kappa shape index (κ2) is 10.4. The van der Waals surface area contributed by atoms with Crippen molar-refractivity contribution in [3.63, 3.8) is 0 Å². The van der Waals surface area contributed by atoms with Crippen LogP contribution < -0.4 is 10.6 Å². The summed E-state index contributed by atoms with van der Waals surface area (Å²) < 4.78 is 10.7. The lowest BCUT2D eigenvalue weighted by molar-refractivity contribution is -0.131. The van der Waals surface area contributed by atoms with E-state index in [0.29, 0.717) is 19.8 Å². The van der Waals surface area contributed by atoms with Gasteiger partial charge in [0.05, 0.1) is 6.54 Å². The van der Waals surface area contributed by atoms with Crippen molar-refractivity contribution in [2.75, 3.05) is 19.8 Å². The number of nitrogens with one attached hydrogen (secondary N) is 2. The Kier molecular flexibility index (Phi) is 9.49. The second-order valence-electron chi connectivity index (χ2n) is 4.05. The molecule has 0 aliphatic heterocycles. The monoisotopic (exact) mass is 269 g/mol. The number of hydrogen-bond acceptors (Lipinski definition) is 5. The molecule has 19 heavy (non-hydrogen) atoms. The topological polar surface area (TPSA) is 83.4 Å². The number of nitrogens with zero attached hydrogens (tertiary/aromatic N) is 1. The summed E-state index contributed by atoms with van der Waals surface area (Å²) in [7, 11) is 0. The van der Waals surface area contributed by atoms with Gasteiger partial charge in [0.15, 0.2) is 6.29 Å². The number of ether oxygens (including phenoxy) is 2. The molecule has 0 radical (unpaired) electrons. The predicted molar refractivity (Wildman–Crippen MR) is 72.0 cm³/mol. The summed E-state index contributed by atoms with van der Waals surface area (Å²) in [5.74, 6) is -0.394. The van der Waals surface area contributed by atoms with Crippen LogP contribution in [0.2, 0.25) is 0 Å². The Bertz CT molecular complexity index is 329. The summed E-state index contributed by atoms with van der Waals surface area (Å²) in [6.45, 7) is 8.87. The van der Waals surface area contributed by atoms with E-state index in [-0.39, 0.29) is 17.9 Å². The van der Waals surface area contributed by atoms with E-state index >= 15 is 0 Å². The molecule has 0 atom stereocenters. The normalized spacial score (nSPS) is 11.5. The number of rotatable bonds is 9. The molecule has 0 aromatic heterocycles. The van der Waals surface area contributed by atoms with Gasteiger partial charge in [0.2, 0.25) is 0 Å². The lowest BCUT2D eigenvalue weighted by Gasteiger charge is -2.16. The van der Waals surface area contributed by atoms with Gasteiger partial charge in [-0.05, 0) is 27.7 Å². The van der Waals surface area contributed by atoms with Crippen molar-refractivity contribution in [3.8, 4) is 6.07 Å². The van der Waals surface area contributed by atoms with Crippen LogP contribution in [0.5, 0.6) is 0 Å². The smallest absolute Gasteiger partial charge is 0.263 e. The van der Waals surface area contributed by atoms with Gasteiger partial charge in [0.25, 0.3) is 5.91 Å². The molecule has 6 heteroatoms. The van der Waals surface area contributed by atoms with Crippen LogP contribution in [-0.4, -0.2) is 38.0 Å². The largest absolute Gasteiger partial charge is 0.385 e. The van der Waals surface area contributed by atoms with E-state index in [4.69, 9.17) is 14.7 Å². The Morgan fingerprint density at radius 2 is 1.89 bits per heavy atom. The molecule has 0 aromatic carbocycles. The van der Waals surface area contributed by atoms with Gasteiger partial charge < -0.3 is 20.1 Å². The summed E-state index contributed by atoms with van der Waals surface area (Å²) in [6, 6.07) is 1.84. The van der Waals surface area contributed by atoms with E-state index < -0.39 is 5.91 Å². The van der Waals surface area contributed by atoms with Gasteiger partial charge in [0, 0.05) is 25.5 Å². The molecule has 0 rings (SSSR count). The Morgan fingerprint density at radius 1 is 1.32 bits per heavy atom. The third-order valence-corrected chi connectivity index (χ3v) is 2.02. The first kappa shape index (κ1) is 17.4. The average Bonchev–Trinajstić information content (AvgIpc) is 2.34. The highest BCUT2D eigenvalue weighted by molar-refractivity contribution is 5.97. The second-order valence-corrected chi connectivity index (χ2v) is 4.05. The number of hydrogen-bond donors (Lipinski definition) is 2. The number of carbonyl (C=O) groups excluding carboxylic acids is 1. The van der Waals surface area contributed by atoms with Gasteiger partial charge in [-0.15, -0.1) is 0 Å². The lowest BCUT2D eigenvalue weighted by Crippen LogP contribution is -2.33. The van der Waals surface area contributed by atoms with Crippen LogP contribution in [-0.2, 0) is 14.3 Å². The van der Waals surface area contributed by atoms with E-state index in [1.807, 2.05) is 33.8 Å². The molecule has 0 heterocycles. The summed E-state index contributed by atoms with van der Waals surface area (Å²) in [4.78, 5) is 11.6. The van der Waals surface area contributed by atoms with Crippen molar-refractivity contribution < 1.29 is 14.3 Å². The summed E-state index contributed by atoms with van der Waals surface area (Å²) >= 11 is 0. The standard InChI is InChI=1S/C13H23N3O3/c1-5-18-12(19-6-2)9-15-8-11(7-14)13(17)16-10(3)4/h8,10,12,15H,5-6,9H2,1-4H3,(H,16,17)/b11-8-. The predicted octanol–water partition coefficient (Wildman–Crippen LogP) is 0.907. The minimum atomic E-state index is -0.394. The first-order valence-electron chi connectivity index (χ1n) is 6.42. The molecule has 2 N–H and O–H groups in total. The molecule has 0 unspecified atom stereocenters. The Morgan fingerprint density at radius 3 is 2.32 bits per heavy atom. The van der Waals surface area contributed by atoms with Crippen molar-refractivity contribution in [2.24, 2.45) is 0 Å². The number of carbonyl (C=O) groups is 1. The van der Waals surface area contributed by atoms with Crippen LogP contribution in [0.3, 0.4) is 0 Å². The Hall–Kier alpha value is -1.58. The van der Waals surface area contributed by atoms with Crippen LogP contribution in [0.15, 0.2) is 11.8 Å². The molecule has 108 valence electrons. The third kappa shape index (κ3) is 8.19. The van der Waals surface area contributed by atoms with Crippen LogP contribution >= 0.6 is 0 Å². The zero-order valence-electron chi connectivity index (χ0n) is 12.0. The van der Waals surface area contributed by atoms with Crippen LogP contribution in [0.25, 0.3) is 0 Å². The Labute approximate surface area is 114 Å². The molecular formula is C13H23N3O3. The molecule has 6 nitrogen and oxygen atoms in total. The Balaban J connectivity index is 4.33. The SMILES string of the molecule is CCOC(CN/C=C(/C#N)C(=O)NC(C)C)OCC. The van der Waals surface area contributed by atoms with E-state index in [9.17, 15) is 4.79 Å². The average molecular weight is 269 g/mol. The highest BCUT2D eigenvalue weighted by Crippen LogP contribution is 1.95. The molecule has 0 aromatic rings. The molecule has 0 fully saturated rings. The van der Waals surface area contributed by atoms with Crippen molar-refractivity contribution >= 4 is 5.91 Å². The number of nitriles is 1. The quantitative estimate of drug-likeness (QED) is 0.369. The van der Waals surface area contributed by atoms with Gasteiger partial charge >= 0.3 is 0 Å². The molecular weight excluding hydrogens is 246 g/mol. The maximum Gasteiger partial charge on any atom is 0.263 e. The summed E-state index contributed by atoms with van der Waals surface area (Å²) in [5, 5.41) is 14.4. The van der Waals surface area contributed by atoms with Crippen molar-refractivity contribution in [3.05, 3.63) is 11.8 Å². The fourth-order valence-electron chi connectivity index (χ4n) is 1.28. The fraction of sp³-hybridized carbons (Fsp3) is 0.692. The molecule has 0 spiro atoms. The van der Waals surface area contributed by atoms with E-state index in [2.05, 4.69) is 10.6 Å². The summed E-state index contributed by atoms with van der Waals surface area (Å²) in [6.07, 6.45) is 0.988. The van der Waals surface area contributed by atoms with Crippen molar-refractivity contribution in [2.45, 2.75) is 40.0 Å². The highest BCUT2D eigenvalue weighted by Gasteiger charge is 2.10. The lowest BCUT2D eigenvalue weighted by atomic mass is 10.2. The number of amides is 1. The molecule has 0 saturated carbocycles. The zero-order chi connectivity index (χ0) is 14.7. The van der Waals surface area contributed by atoms with Crippen LogP contribution in [0.1, 0.15) is 27.7 Å². The first-order valence-corrected chi connectivity index (χ1v) is 6.42. The van der Waals surface area contributed by atoms with E-state index in [1.165, 1.54) is 6.20 Å². The van der Waals surface area contributed by atoms with Gasteiger partial charge in [0.1, 0.15) is 11.6 Å². The van der Waals surface area contributed by atoms with Crippen LogP contribution in [0.4, 0.5) is 0 Å².